The molecule has 0 saturated heterocycles. The van der Waals surface area contributed by atoms with Gasteiger partial charge in [0, 0.05) is 18.8 Å². The van der Waals surface area contributed by atoms with E-state index < -0.39 is 0 Å². The predicted octanol–water partition coefficient (Wildman–Crippen LogP) is 4.03. The summed E-state index contributed by atoms with van der Waals surface area (Å²) in [6, 6.07) is 8.43. The lowest BCUT2D eigenvalue weighted by Gasteiger charge is -2.37. The van der Waals surface area contributed by atoms with Crippen molar-refractivity contribution in [3.05, 3.63) is 47.1 Å². The first kappa shape index (κ1) is 17.3. The number of hydrogen-bond acceptors (Lipinski definition) is 4. The van der Waals surface area contributed by atoms with Crippen molar-refractivity contribution in [3.8, 4) is 0 Å². The Hall–Kier alpha value is -2.17. The van der Waals surface area contributed by atoms with Crippen LogP contribution in [0.2, 0.25) is 0 Å². The number of hydrogen-bond donors (Lipinski definition) is 1. The van der Waals surface area contributed by atoms with E-state index >= 15 is 0 Å². The minimum absolute atomic E-state index is 0.0461. The molecule has 0 radical (unpaired) electrons. The van der Waals surface area contributed by atoms with Crippen LogP contribution in [0.5, 0.6) is 0 Å². The maximum Gasteiger partial charge on any atom is 0.227 e. The zero-order chi connectivity index (χ0) is 18.0. The van der Waals surface area contributed by atoms with Gasteiger partial charge in [-0.2, -0.15) is 4.98 Å². The van der Waals surface area contributed by atoms with Crippen molar-refractivity contribution in [3.63, 3.8) is 0 Å². The molecule has 0 aliphatic heterocycles. The van der Waals surface area contributed by atoms with Crippen LogP contribution < -0.4 is 5.32 Å². The van der Waals surface area contributed by atoms with Crippen LogP contribution in [0.1, 0.15) is 80.6 Å². The summed E-state index contributed by atoms with van der Waals surface area (Å²) in [7, 11) is 0. The van der Waals surface area contributed by atoms with Gasteiger partial charge < -0.3 is 9.84 Å². The highest BCUT2D eigenvalue weighted by atomic mass is 16.5. The van der Waals surface area contributed by atoms with Crippen molar-refractivity contribution < 1.29 is 9.32 Å². The fourth-order valence-corrected chi connectivity index (χ4v) is 4.48. The molecule has 26 heavy (non-hydrogen) atoms. The summed E-state index contributed by atoms with van der Waals surface area (Å²) in [6.07, 6.45) is 8.84. The van der Waals surface area contributed by atoms with Crippen LogP contribution in [0.25, 0.3) is 0 Å². The zero-order valence-electron chi connectivity index (χ0n) is 15.5. The number of aryl methyl sites for hydroxylation is 2. The highest BCUT2D eigenvalue weighted by Crippen LogP contribution is 2.35. The SMILES string of the molecule is C[C@@]1(NC(=O)CCc2nc(C3CCCC3)no2)CCCc2ccccc21. The van der Waals surface area contributed by atoms with E-state index in [2.05, 4.69) is 46.6 Å². The van der Waals surface area contributed by atoms with Crippen molar-refractivity contribution in [1.29, 1.82) is 0 Å². The van der Waals surface area contributed by atoms with Crippen LogP contribution in [0.15, 0.2) is 28.8 Å². The molecule has 1 saturated carbocycles. The molecule has 0 unspecified atom stereocenters. The Morgan fingerprint density at radius 1 is 1.27 bits per heavy atom. The van der Waals surface area contributed by atoms with E-state index in [0.29, 0.717) is 24.7 Å². The number of rotatable bonds is 5. The fourth-order valence-electron chi connectivity index (χ4n) is 4.48. The minimum atomic E-state index is -0.282. The lowest BCUT2D eigenvalue weighted by molar-refractivity contribution is -0.123. The van der Waals surface area contributed by atoms with Gasteiger partial charge in [0.2, 0.25) is 11.8 Å². The first-order chi connectivity index (χ1) is 12.6. The van der Waals surface area contributed by atoms with Crippen LogP contribution in [0.4, 0.5) is 0 Å². The van der Waals surface area contributed by atoms with Crippen LogP contribution >= 0.6 is 0 Å². The topological polar surface area (TPSA) is 68.0 Å². The number of fused-ring (bicyclic) bond motifs is 1. The molecule has 138 valence electrons. The third kappa shape index (κ3) is 3.53. The molecule has 1 aromatic carbocycles. The van der Waals surface area contributed by atoms with E-state index in [4.69, 9.17) is 4.52 Å². The van der Waals surface area contributed by atoms with Crippen molar-refractivity contribution in [2.45, 2.75) is 76.2 Å². The maximum absolute atomic E-state index is 12.6. The molecule has 2 aromatic rings. The van der Waals surface area contributed by atoms with Crippen LogP contribution in [-0.2, 0) is 23.2 Å². The molecule has 1 amide bonds. The van der Waals surface area contributed by atoms with Crippen LogP contribution in [-0.4, -0.2) is 16.0 Å². The van der Waals surface area contributed by atoms with Gasteiger partial charge in [0.1, 0.15) is 0 Å². The van der Waals surface area contributed by atoms with E-state index in [1.807, 2.05) is 0 Å². The largest absolute Gasteiger partial charge is 0.347 e. The van der Waals surface area contributed by atoms with Gasteiger partial charge in [-0.25, -0.2) is 0 Å². The standard InChI is InChI=1S/C21H27N3O2/c1-21(14-6-10-15-7-4-5-11-17(15)21)23-18(25)12-13-19-22-20(24-26-19)16-8-2-3-9-16/h4-5,7,11,16H,2-3,6,8-10,12-14H2,1H3,(H,23,25)/t21-/m1/s1. The van der Waals surface area contributed by atoms with Gasteiger partial charge in [-0.05, 0) is 50.2 Å². The number of nitrogens with one attached hydrogen (secondary N) is 1. The second-order valence-corrected chi connectivity index (χ2v) is 7.92. The molecule has 5 heteroatoms. The number of amides is 1. The first-order valence-electron chi connectivity index (χ1n) is 9.86. The first-order valence-corrected chi connectivity index (χ1v) is 9.86. The Bertz CT molecular complexity index is 779. The molecule has 1 atom stereocenters. The third-order valence-electron chi connectivity index (χ3n) is 5.92. The highest BCUT2D eigenvalue weighted by Gasteiger charge is 2.33. The van der Waals surface area contributed by atoms with Crippen molar-refractivity contribution in [1.82, 2.24) is 15.5 Å². The number of benzene rings is 1. The number of nitrogens with zero attached hydrogens (tertiary/aromatic N) is 2. The average Bonchev–Trinajstić information content (AvgIpc) is 3.32. The van der Waals surface area contributed by atoms with Crippen LogP contribution in [0, 0.1) is 0 Å². The van der Waals surface area contributed by atoms with Crippen molar-refractivity contribution in [2.75, 3.05) is 0 Å². The smallest absolute Gasteiger partial charge is 0.227 e. The fraction of sp³-hybridized carbons (Fsp3) is 0.571. The summed E-state index contributed by atoms with van der Waals surface area (Å²) in [4.78, 5) is 17.1. The van der Waals surface area contributed by atoms with Gasteiger partial charge in [-0.1, -0.05) is 42.3 Å². The van der Waals surface area contributed by atoms with E-state index in [1.165, 1.54) is 24.0 Å². The lowest BCUT2D eigenvalue weighted by Crippen LogP contribution is -2.45. The Morgan fingerprint density at radius 3 is 2.92 bits per heavy atom. The summed E-state index contributed by atoms with van der Waals surface area (Å²) in [5, 5.41) is 7.37. The van der Waals surface area contributed by atoms with Gasteiger partial charge in [0.15, 0.2) is 5.82 Å². The predicted molar refractivity (Wildman–Crippen MR) is 98.7 cm³/mol. The second-order valence-electron chi connectivity index (χ2n) is 7.92. The Kier molecular flexibility index (Phi) is 4.79. The zero-order valence-corrected chi connectivity index (χ0v) is 15.5. The van der Waals surface area contributed by atoms with Gasteiger partial charge in [-0.3, -0.25) is 4.79 Å². The summed E-state index contributed by atoms with van der Waals surface area (Å²) in [5.74, 6) is 1.89. The normalized spacial score (nSPS) is 23.0. The van der Waals surface area contributed by atoms with Crippen molar-refractivity contribution in [2.24, 2.45) is 0 Å². The molecule has 0 spiro atoms. The highest BCUT2D eigenvalue weighted by molar-refractivity contribution is 5.77. The number of carbonyl (C=O) groups excluding carboxylic acids is 1. The van der Waals surface area contributed by atoms with Gasteiger partial charge in [0.05, 0.1) is 5.54 Å². The van der Waals surface area contributed by atoms with E-state index in [0.717, 1.165) is 37.9 Å². The van der Waals surface area contributed by atoms with E-state index in [-0.39, 0.29) is 11.4 Å². The van der Waals surface area contributed by atoms with E-state index in [9.17, 15) is 4.79 Å². The number of aromatic nitrogens is 2. The third-order valence-corrected chi connectivity index (χ3v) is 5.92. The molecule has 4 rings (SSSR count). The molecule has 1 N–H and O–H groups in total. The molecular weight excluding hydrogens is 326 g/mol. The summed E-state index contributed by atoms with van der Waals surface area (Å²) >= 11 is 0. The molecule has 2 aliphatic rings. The molecule has 0 bridgehead atoms. The van der Waals surface area contributed by atoms with Crippen molar-refractivity contribution >= 4 is 5.91 Å². The van der Waals surface area contributed by atoms with Gasteiger partial charge in [-0.15, -0.1) is 0 Å². The summed E-state index contributed by atoms with van der Waals surface area (Å²) in [5.41, 5.74) is 2.32. The minimum Gasteiger partial charge on any atom is -0.347 e. The van der Waals surface area contributed by atoms with E-state index in [1.54, 1.807) is 0 Å². The Morgan fingerprint density at radius 2 is 2.08 bits per heavy atom. The van der Waals surface area contributed by atoms with Crippen LogP contribution in [0.3, 0.4) is 0 Å². The molecule has 5 nitrogen and oxygen atoms in total. The maximum atomic E-state index is 12.6. The summed E-state index contributed by atoms with van der Waals surface area (Å²) in [6.45, 7) is 2.13. The monoisotopic (exact) mass is 353 g/mol. The number of carbonyl (C=O) groups is 1. The molecule has 1 fully saturated rings. The molecular formula is C21H27N3O2. The molecule has 1 heterocycles. The average molecular weight is 353 g/mol. The van der Waals surface area contributed by atoms with Gasteiger partial charge >= 0.3 is 0 Å². The Labute approximate surface area is 154 Å². The Balaban J connectivity index is 1.36. The second kappa shape index (κ2) is 7.22. The molecule has 2 aliphatic carbocycles. The summed E-state index contributed by atoms with van der Waals surface area (Å²) < 4.78 is 5.36. The quantitative estimate of drug-likeness (QED) is 0.881. The molecule has 1 aromatic heterocycles. The van der Waals surface area contributed by atoms with Gasteiger partial charge in [0.25, 0.3) is 0 Å². The lowest BCUT2D eigenvalue weighted by atomic mass is 9.77.